The number of aromatic nitrogens is 2. The second kappa shape index (κ2) is 9.57. The summed E-state index contributed by atoms with van der Waals surface area (Å²) >= 11 is 7.30. The summed E-state index contributed by atoms with van der Waals surface area (Å²) < 4.78 is 6.70. The number of amides is 1. The number of benzene rings is 1. The first-order chi connectivity index (χ1) is 12.8. The van der Waals surface area contributed by atoms with Gasteiger partial charge in [-0.05, 0) is 44.9 Å². The first-order valence-electron chi connectivity index (χ1n) is 8.90. The van der Waals surface area contributed by atoms with Crippen LogP contribution < -0.4 is 10.9 Å². The number of hydrogen-bond donors (Lipinski definition) is 1. The summed E-state index contributed by atoms with van der Waals surface area (Å²) in [6.45, 7) is 7.00. The van der Waals surface area contributed by atoms with Crippen molar-refractivity contribution in [1.82, 2.24) is 14.9 Å². The summed E-state index contributed by atoms with van der Waals surface area (Å²) in [6, 6.07) is 5.03. The molecule has 0 atom stereocenters. The van der Waals surface area contributed by atoms with Crippen molar-refractivity contribution in [3.05, 3.63) is 33.6 Å². The lowest BCUT2D eigenvalue weighted by atomic mass is 10.0. The van der Waals surface area contributed by atoms with Gasteiger partial charge in [0, 0.05) is 30.8 Å². The van der Waals surface area contributed by atoms with E-state index in [1.54, 1.807) is 29.9 Å². The number of thioether (sulfide) groups is 1. The summed E-state index contributed by atoms with van der Waals surface area (Å²) in [5.74, 6) is 0.0994. The number of methoxy groups -OCH3 is 1. The van der Waals surface area contributed by atoms with Gasteiger partial charge in [-0.15, -0.1) is 0 Å². The van der Waals surface area contributed by atoms with Crippen molar-refractivity contribution in [2.75, 3.05) is 19.5 Å². The number of rotatable bonds is 9. The molecule has 0 radical (unpaired) electrons. The van der Waals surface area contributed by atoms with E-state index in [0.717, 1.165) is 6.42 Å². The third kappa shape index (κ3) is 5.96. The summed E-state index contributed by atoms with van der Waals surface area (Å²) in [4.78, 5) is 29.8. The highest BCUT2D eigenvalue weighted by atomic mass is 35.5. The average Bonchev–Trinajstić information content (AvgIpc) is 2.61. The summed E-state index contributed by atoms with van der Waals surface area (Å²) in [6.07, 6.45) is 1.51. The van der Waals surface area contributed by atoms with Gasteiger partial charge in [-0.2, -0.15) is 0 Å². The molecule has 8 heteroatoms. The average molecular weight is 412 g/mol. The van der Waals surface area contributed by atoms with Crippen molar-refractivity contribution in [1.29, 1.82) is 0 Å². The number of hydrogen-bond acceptors (Lipinski definition) is 5. The minimum Gasteiger partial charge on any atom is -0.385 e. The zero-order chi connectivity index (χ0) is 20.0. The summed E-state index contributed by atoms with van der Waals surface area (Å²) in [5.41, 5.74) is 0.136. The predicted molar refractivity (Wildman–Crippen MR) is 111 cm³/mol. The standard InChI is InChI=1S/C19H26ClN3O3S/c1-5-19(2,3)22-16(24)12-27-18-21-15-11-13(20)7-8-14(15)17(25)23(18)9-6-10-26-4/h7-8,11H,5-6,9-10,12H2,1-4H3,(H,22,24). The minimum absolute atomic E-state index is 0.0873. The van der Waals surface area contributed by atoms with Crippen LogP contribution in [0, 0.1) is 0 Å². The molecular formula is C19H26ClN3O3S. The normalized spacial score (nSPS) is 11.7. The lowest BCUT2D eigenvalue weighted by molar-refractivity contribution is -0.120. The third-order valence-electron chi connectivity index (χ3n) is 4.31. The molecule has 1 amide bonds. The zero-order valence-corrected chi connectivity index (χ0v) is 17.7. The molecular weight excluding hydrogens is 386 g/mol. The van der Waals surface area contributed by atoms with Crippen LogP contribution in [0.4, 0.5) is 0 Å². The second-order valence-electron chi connectivity index (χ2n) is 6.93. The van der Waals surface area contributed by atoms with Gasteiger partial charge < -0.3 is 10.1 Å². The minimum atomic E-state index is -0.264. The van der Waals surface area contributed by atoms with E-state index in [9.17, 15) is 9.59 Å². The molecule has 0 fully saturated rings. The molecule has 148 valence electrons. The van der Waals surface area contributed by atoms with Crippen molar-refractivity contribution in [2.45, 2.75) is 50.9 Å². The van der Waals surface area contributed by atoms with E-state index in [0.29, 0.717) is 40.7 Å². The number of nitrogens with zero attached hydrogens (tertiary/aromatic N) is 2. The highest BCUT2D eigenvalue weighted by Crippen LogP contribution is 2.21. The van der Waals surface area contributed by atoms with E-state index in [4.69, 9.17) is 16.3 Å². The molecule has 27 heavy (non-hydrogen) atoms. The fraction of sp³-hybridized carbons (Fsp3) is 0.526. The fourth-order valence-corrected chi connectivity index (χ4v) is 3.47. The van der Waals surface area contributed by atoms with Gasteiger partial charge >= 0.3 is 0 Å². The van der Waals surface area contributed by atoms with E-state index in [1.165, 1.54) is 11.8 Å². The number of carbonyl (C=O) groups excluding carboxylic acids is 1. The Labute approximate surface area is 168 Å². The van der Waals surface area contributed by atoms with Crippen LogP contribution in [-0.2, 0) is 16.1 Å². The van der Waals surface area contributed by atoms with Crippen LogP contribution in [0.3, 0.4) is 0 Å². The third-order valence-corrected chi connectivity index (χ3v) is 5.52. The van der Waals surface area contributed by atoms with Crippen LogP contribution in [0.15, 0.2) is 28.2 Å². The quantitative estimate of drug-likeness (QED) is 0.388. The number of halogens is 1. The monoisotopic (exact) mass is 411 g/mol. The molecule has 0 spiro atoms. The van der Waals surface area contributed by atoms with Gasteiger partial charge in [0.05, 0.1) is 16.7 Å². The lowest BCUT2D eigenvalue weighted by Gasteiger charge is -2.24. The van der Waals surface area contributed by atoms with E-state index >= 15 is 0 Å². The Morgan fingerprint density at radius 2 is 2.15 bits per heavy atom. The van der Waals surface area contributed by atoms with Crippen molar-refractivity contribution < 1.29 is 9.53 Å². The van der Waals surface area contributed by atoms with Crippen LogP contribution in [0.5, 0.6) is 0 Å². The molecule has 2 aromatic rings. The van der Waals surface area contributed by atoms with Crippen molar-refractivity contribution in [2.24, 2.45) is 0 Å². The van der Waals surface area contributed by atoms with Crippen LogP contribution in [0.25, 0.3) is 10.9 Å². The van der Waals surface area contributed by atoms with Gasteiger partial charge in [-0.1, -0.05) is 30.3 Å². The lowest BCUT2D eigenvalue weighted by Crippen LogP contribution is -2.43. The molecule has 0 saturated heterocycles. The van der Waals surface area contributed by atoms with Gasteiger partial charge in [0.1, 0.15) is 0 Å². The van der Waals surface area contributed by atoms with Crippen LogP contribution in [-0.4, -0.2) is 40.5 Å². The Balaban J connectivity index is 2.30. The maximum absolute atomic E-state index is 12.9. The summed E-state index contributed by atoms with van der Waals surface area (Å²) in [5, 5.41) is 4.53. The first-order valence-corrected chi connectivity index (χ1v) is 10.3. The molecule has 0 bridgehead atoms. The van der Waals surface area contributed by atoms with Crippen LogP contribution in [0.2, 0.25) is 5.02 Å². The van der Waals surface area contributed by atoms with Gasteiger partial charge in [-0.25, -0.2) is 4.98 Å². The molecule has 1 N–H and O–H groups in total. The molecule has 1 aromatic heterocycles. The second-order valence-corrected chi connectivity index (χ2v) is 8.31. The zero-order valence-electron chi connectivity index (χ0n) is 16.2. The number of carbonyl (C=O) groups is 1. The maximum atomic E-state index is 12.9. The van der Waals surface area contributed by atoms with E-state index in [1.807, 2.05) is 20.8 Å². The highest BCUT2D eigenvalue weighted by molar-refractivity contribution is 7.99. The van der Waals surface area contributed by atoms with Crippen LogP contribution >= 0.6 is 23.4 Å². The SMILES string of the molecule is CCC(C)(C)NC(=O)CSc1nc2cc(Cl)ccc2c(=O)n1CCCOC. The Hall–Kier alpha value is -1.57. The van der Waals surface area contributed by atoms with Crippen LogP contribution in [0.1, 0.15) is 33.6 Å². The number of nitrogens with one attached hydrogen (secondary N) is 1. The first kappa shape index (κ1) is 21.7. The highest BCUT2D eigenvalue weighted by Gasteiger charge is 2.19. The van der Waals surface area contributed by atoms with Gasteiger partial charge in [0.15, 0.2) is 5.16 Å². The molecule has 0 aliphatic heterocycles. The Morgan fingerprint density at radius 3 is 2.81 bits per heavy atom. The predicted octanol–water partition coefficient (Wildman–Crippen LogP) is 3.48. The van der Waals surface area contributed by atoms with Crippen molar-refractivity contribution >= 4 is 40.2 Å². The van der Waals surface area contributed by atoms with E-state index in [-0.39, 0.29) is 22.8 Å². The van der Waals surface area contributed by atoms with E-state index < -0.39 is 0 Å². The van der Waals surface area contributed by atoms with E-state index in [2.05, 4.69) is 10.3 Å². The molecule has 0 aliphatic carbocycles. The van der Waals surface area contributed by atoms with Gasteiger partial charge in [0.2, 0.25) is 5.91 Å². The summed E-state index contributed by atoms with van der Waals surface area (Å²) in [7, 11) is 1.62. The molecule has 0 aliphatic rings. The number of ether oxygens (including phenoxy) is 1. The fourth-order valence-electron chi connectivity index (χ4n) is 2.48. The Morgan fingerprint density at radius 1 is 1.41 bits per heavy atom. The topological polar surface area (TPSA) is 73.2 Å². The molecule has 6 nitrogen and oxygen atoms in total. The molecule has 0 saturated carbocycles. The molecule has 1 heterocycles. The Bertz CT molecular complexity index is 867. The smallest absolute Gasteiger partial charge is 0.262 e. The Kier molecular flexibility index (Phi) is 7.70. The van der Waals surface area contributed by atoms with Gasteiger partial charge in [-0.3, -0.25) is 14.2 Å². The molecule has 2 rings (SSSR count). The largest absolute Gasteiger partial charge is 0.385 e. The van der Waals surface area contributed by atoms with Crippen molar-refractivity contribution in [3.8, 4) is 0 Å². The van der Waals surface area contributed by atoms with Crippen molar-refractivity contribution in [3.63, 3.8) is 0 Å². The molecule has 0 unspecified atom stereocenters. The van der Waals surface area contributed by atoms with Gasteiger partial charge in [0.25, 0.3) is 5.56 Å². The number of fused-ring (bicyclic) bond motifs is 1. The molecule has 1 aromatic carbocycles. The maximum Gasteiger partial charge on any atom is 0.262 e.